The topological polar surface area (TPSA) is 78.9 Å². The molecule has 6 nitrogen and oxygen atoms in total. The molecule has 0 heterocycles. The molecule has 0 aromatic carbocycles. The summed E-state index contributed by atoms with van der Waals surface area (Å²) in [6.07, 6.45) is -2.66. The second-order valence-electron chi connectivity index (χ2n) is 2.42. The van der Waals surface area contributed by atoms with Gasteiger partial charge < -0.3 is 14.2 Å². The zero-order valence-electron chi connectivity index (χ0n) is 10.6. The van der Waals surface area contributed by atoms with Crippen LogP contribution in [0.3, 0.4) is 0 Å². The quantitative estimate of drug-likeness (QED) is 0.464. The molecular weight excluding hydrogens is 204 g/mol. The van der Waals surface area contributed by atoms with E-state index in [0.29, 0.717) is 0 Å². The first-order valence-corrected chi connectivity index (χ1v) is 4.17. The van der Waals surface area contributed by atoms with Gasteiger partial charge in [-0.1, -0.05) is 0 Å². The van der Waals surface area contributed by atoms with Crippen molar-refractivity contribution in [3.8, 4) is 0 Å². The minimum atomic E-state index is -2.32. The lowest BCUT2D eigenvalue weighted by Crippen LogP contribution is -2.15. The van der Waals surface area contributed by atoms with E-state index in [1.165, 1.54) is 6.92 Å². The van der Waals surface area contributed by atoms with Crippen LogP contribution in [0.25, 0.3) is 0 Å². The van der Waals surface area contributed by atoms with Crippen molar-refractivity contribution in [2.45, 2.75) is 19.7 Å². The van der Waals surface area contributed by atoms with Gasteiger partial charge in [0.25, 0.3) is 0 Å². The number of methoxy groups -OCH3 is 1. The van der Waals surface area contributed by atoms with Gasteiger partial charge in [-0.15, -0.1) is 0 Å². The third-order valence-electron chi connectivity index (χ3n) is 1.23. The van der Waals surface area contributed by atoms with Gasteiger partial charge in [-0.2, -0.15) is 0 Å². The van der Waals surface area contributed by atoms with Crippen LogP contribution in [0.15, 0.2) is 0 Å². The molecule has 0 aliphatic heterocycles. The molecule has 15 heavy (non-hydrogen) atoms. The van der Waals surface area contributed by atoms with E-state index < -0.39 is 30.9 Å². The van der Waals surface area contributed by atoms with Crippen LogP contribution in [0.2, 0.25) is 0 Å². The van der Waals surface area contributed by atoms with Gasteiger partial charge in [-0.3, -0.25) is 9.59 Å². The van der Waals surface area contributed by atoms with Crippen molar-refractivity contribution in [1.82, 2.24) is 0 Å². The SMILES string of the molecule is [2H]C([2H])(CCOC(C)=O)C(=O)OCC(=O)OC. The highest BCUT2D eigenvalue weighted by molar-refractivity contribution is 5.76. The first-order chi connectivity index (χ1) is 7.79. The van der Waals surface area contributed by atoms with Crippen molar-refractivity contribution in [3.63, 3.8) is 0 Å². The second-order valence-corrected chi connectivity index (χ2v) is 2.42. The summed E-state index contributed by atoms with van der Waals surface area (Å²) >= 11 is 0. The van der Waals surface area contributed by atoms with Crippen LogP contribution in [-0.2, 0) is 28.6 Å². The first kappa shape index (κ1) is 9.95. The maximum absolute atomic E-state index is 11.2. The van der Waals surface area contributed by atoms with Gasteiger partial charge in [-0.05, 0) is 6.42 Å². The van der Waals surface area contributed by atoms with Crippen LogP contribution >= 0.6 is 0 Å². The first-order valence-electron chi connectivity index (χ1n) is 5.17. The number of carbonyl (C=O) groups excluding carboxylic acids is 3. The van der Waals surface area contributed by atoms with E-state index in [1.807, 2.05) is 0 Å². The average Bonchev–Trinajstić information content (AvgIpc) is 2.24. The molecular formula is C9H14O6. The Morgan fingerprint density at radius 3 is 2.40 bits per heavy atom. The molecule has 0 aromatic heterocycles. The van der Waals surface area contributed by atoms with Crippen molar-refractivity contribution in [2.24, 2.45) is 0 Å². The van der Waals surface area contributed by atoms with Gasteiger partial charge in [-0.25, -0.2) is 4.79 Å². The molecule has 0 aromatic rings. The molecule has 6 heteroatoms. The van der Waals surface area contributed by atoms with E-state index in [0.717, 1.165) is 7.11 Å². The van der Waals surface area contributed by atoms with E-state index in [4.69, 9.17) is 2.74 Å². The Morgan fingerprint density at radius 1 is 1.20 bits per heavy atom. The van der Waals surface area contributed by atoms with E-state index >= 15 is 0 Å². The summed E-state index contributed by atoms with van der Waals surface area (Å²) in [6, 6.07) is 0. The number of hydrogen-bond donors (Lipinski definition) is 0. The summed E-state index contributed by atoms with van der Waals surface area (Å²) in [5.41, 5.74) is 0. The Balaban J connectivity index is 4.06. The number of carbonyl (C=O) groups is 3. The van der Waals surface area contributed by atoms with E-state index in [9.17, 15) is 14.4 Å². The van der Waals surface area contributed by atoms with Crippen molar-refractivity contribution in [3.05, 3.63) is 0 Å². The van der Waals surface area contributed by atoms with Crippen LogP contribution in [0.4, 0.5) is 0 Å². The van der Waals surface area contributed by atoms with E-state index in [2.05, 4.69) is 14.2 Å². The second kappa shape index (κ2) is 7.78. The van der Waals surface area contributed by atoms with Crippen molar-refractivity contribution in [1.29, 1.82) is 0 Å². The molecule has 0 fully saturated rings. The molecule has 0 aliphatic rings. The minimum absolute atomic E-state index is 0.240. The fourth-order valence-corrected chi connectivity index (χ4v) is 0.582. The lowest BCUT2D eigenvalue weighted by atomic mass is 10.3. The van der Waals surface area contributed by atoms with Crippen LogP contribution in [0, 0.1) is 0 Å². The molecule has 0 radical (unpaired) electrons. The number of esters is 3. The minimum Gasteiger partial charge on any atom is -0.466 e. The highest BCUT2D eigenvalue weighted by Gasteiger charge is 2.07. The zero-order valence-corrected chi connectivity index (χ0v) is 8.57. The maximum atomic E-state index is 11.2. The van der Waals surface area contributed by atoms with Crippen LogP contribution in [0.5, 0.6) is 0 Å². The van der Waals surface area contributed by atoms with E-state index in [-0.39, 0.29) is 13.0 Å². The highest BCUT2D eigenvalue weighted by atomic mass is 16.6. The molecule has 0 atom stereocenters. The Morgan fingerprint density at radius 2 is 1.87 bits per heavy atom. The molecule has 0 bridgehead atoms. The summed E-state index contributed by atoms with van der Waals surface area (Å²) in [5, 5.41) is 0. The van der Waals surface area contributed by atoms with Crippen LogP contribution < -0.4 is 0 Å². The summed E-state index contributed by atoms with van der Waals surface area (Å²) in [4.78, 5) is 32.3. The predicted octanol–water partition coefficient (Wildman–Crippen LogP) is 0.0459. The standard InChI is InChI=1S/C9H14O6/c1-7(10)14-5-3-4-8(11)15-6-9(12)13-2/h3-6H2,1-2H3/i4D2. The smallest absolute Gasteiger partial charge is 0.344 e. The number of hydrogen-bond acceptors (Lipinski definition) is 6. The highest BCUT2D eigenvalue weighted by Crippen LogP contribution is 1.94. The zero-order chi connectivity index (χ0) is 13.5. The molecule has 0 spiro atoms. The molecule has 0 rings (SSSR count). The van der Waals surface area contributed by atoms with Crippen molar-refractivity contribution < 1.29 is 31.3 Å². The lowest BCUT2D eigenvalue weighted by Gasteiger charge is -2.03. The molecule has 0 saturated heterocycles. The average molecular weight is 220 g/mol. The van der Waals surface area contributed by atoms with Crippen molar-refractivity contribution in [2.75, 3.05) is 20.3 Å². The fraction of sp³-hybridized carbons (Fsp3) is 0.667. The number of rotatable bonds is 6. The van der Waals surface area contributed by atoms with Crippen LogP contribution in [-0.4, -0.2) is 38.2 Å². The summed E-state index contributed by atoms with van der Waals surface area (Å²) in [5.74, 6) is -2.55. The Hall–Kier alpha value is -1.59. The van der Waals surface area contributed by atoms with Gasteiger partial charge in [0, 0.05) is 16.0 Å². The molecule has 0 N–H and O–H groups in total. The summed E-state index contributed by atoms with van der Waals surface area (Å²) < 4.78 is 27.8. The van der Waals surface area contributed by atoms with Crippen LogP contribution in [0.1, 0.15) is 22.5 Å². The predicted molar refractivity (Wildman–Crippen MR) is 48.8 cm³/mol. The molecule has 0 amide bonds. The third-order valence-corrected chi connectivity index (χ3v) is 1.23. The maximum Gasteiger partial charge on any atom is 0.344 e. The normalized spacial score (nSPS) is 12.1. The molecule has 0 saturated carbocycles. The third kappa shape index (κ3) is 8.73. The summed E-state index contributed by atoms with van der Waals surface area (Å²) in [6.45, 7) is 0.281. The largest absolute Gasteiger partial charge is 0.466 e. The molecule has 0 aliphatic carbocycles. The van der Waals surface area contributed by atoms with Gasteiger partial charge in [0.15, 0.2) is 6.61 Å². The lowest BCUT2D eigenvalue weighted by molar-refractivity contribution is -0.157. The fourth-order valence-electron chi connectivity index (χ4n) is 0.582. The van der Waals surface area contributed by atoms with Gasteiger partial charge >= 0.3 is 17.9 Å². The number of ether oxygens (including phenoxy) is 3. The Labute approximate surface area is 90.3 Å². The summed E-state index contributed by atoms with van der Waals surface area (Å²) in [7, 11) is 1.12. The van der Waals surface area contributed by atoms with Gasteiger partial charge in [0.2, 0.25) is 0 Å². The Kier molecular flexibility index (Phi) is 5.16. The van der Waals surface area contributed by atoms with Crippen molar-refractivity contribution >= 4 is 17.9 Å². The van der Waals surface area contributed by atoms with Gasteiger partial charge in [0.05, 0.1) is 13.7 Å². The monoisotopic (exact) mass is 220 g/mol. The Bertz CT molecular complexity index is 302. The van der Waals surface area contributed by atoms with E-state index in [1.54, 1.807) is 0 Å². The molecule has 86 valence electrons. The molecule has 0 unspecified atom stereocenters. The van der Waals surface area contributed by atoms with Gasteiger partial charge in [0.1, 0.15) is 0 Å².